The van der Waals surface area contributed by atoms with Gasteiger partial charge in [-0.15, -0.1) is 0 Å². The number of hydrogen-bond acceptors (Lipinski definition) is 4. The number of nitrogens with zero attached hydrogens (tertiary/aromatic N) is 1. The quantitative estimate of drug-likeness (QED) is 0.419. The van der Waals surface area contributed by atoms with Gasteiger partial charge in [-0.3, -0.25) is 9.59 Å². The van der Waals surface area contributed by atoms with Gasteiger partial charge in [-0.05, 0) is 38.8 Å². The van der Waals surface area contributed by atoms with E-state index in [1.807, 2.05) is 0 Å². The summed E-state index contributed by atoms with van der Waals surface area (Å²) in [6.45, 7) is 1.64. The number of rotatable bonds is 14. The van der Waals surface area contributed by atoms with E-state index in [1.54, 1.807) is 0 Å². The number of aliphatic carboxylic acids is 1. The second kappa shape index (κ2) is 13.8. The molecule has 0 aliphatic rings. The Morgan fingerprint density at radius 2 is 1.33 bits per heavy atom. The van der Waals surface area contributed by atoms with E-state index in [0.717, 1.165) is 57.9 Å². The first kappa shape index (κ1) is 19.9. The monoisotopic (exact) mass is 301 g/mol. The number of nitrogens with two attached hydrogens (primary N) is 2. The number of carboxylic acid groups (broad SMARTS) is 1. The summed E-state index contributed by atoms with van der Waals surface area (Å²) in [5.74, 6) is -1.03. The van der Waals surface area contributed by atoms with E-state index in [-0.39, 0.29) is 12.5 Å². The lowest BCUT2D eigenvalue weighted by Gasteiger charge is -2.20. The third-order valence-electron chi connectivity index (χ3n) is 3.41. The third kappa shape index (κ3) is 12.3. The van der Waals surface area contributed by atoms with Gasteiger partial charge in [0, 0.05) is 13.0 Å². The lowest BCUT2D eigenvalue weighted by atomic mass is 10.1. The van der Waals surface area contributed by atoms with Crippen LogP contribution in [0.15, 0.2) is 0 Å². The van der Waals surface area contributed by atoms with Gasteiger partial charge in [0.05, 0.1) is 0 Å². The number of hydrogen-bond donors (Lipinski definition) is 3. The van der Waals surface area contributed by atoms with Crippen molar-refractivity contribution < 1.29 is 14.7 Å². The summed E-state index contributed by atoms with van der Waals surface area (Å²) < 4.78 is 0. The van der Waals surface area contributed by atoms with Crippen molar-refractivity contribution in [1.82, 2.24) is 4.90 Å². The van der Waals surface area contributed by atoms with Gasteiger partial charge in [0.1, 0.15) is 6.54 Å². The minimum absolute atomic E-state index is 0.0750. The fraction of sp³-hybridized carbons (Fsp3) is 0.867. The Kier molecular flexibility index (Phi) is 13.1. The van der Waals surface area contributed by atoms with Crippen LogP contribution in [0.3, 0.4) is 0 Å². The Bertz CT molecular complexity index is 285. The predicted octanol–water partition coefficient (Wildman–Crippen LogP) is 1.33. The van der Waals surface area contributed by atoms with Crippen molar-refractivity contribution in [2.45, 2.75) is 57.8 Å². The molecule has 1 amide bonds. The molecule has 0 atom stereocenters. The Balaban J connectivity index is 3.89. The van der Waals surface area contributed by atoms with Crippen molar-refractivity contribution >= 4 is 11.9 Å². The van der Waals surface area contributed by atoms with Crippen LogP contribution in [-0.2, 0) is 9.59 Å². The molecule has 0 aromatic heterocycles. The average molecular weight is 301 g/mol. The molecular weight excluding hydrogens is 270 g/mol. The maximum absolute atomic E-state index is 12.0. The van der Waals surface area contributed by atoms with E-state index in [9.17, 15) is 9.59 Å². The Morgan fingerprint density at radius 1 is 0.810 bits per heavy atom. The lowest BCUT2D eigenvalue weighted by molar-refractivity contribution is -0.144. The van der Waals surface area contributed by atoms with E-state index < -0.39 is 5.97 Å². The van der Waals surface area contributed by atoms with Crippen LogP contribution in [0.4, 0.5) is 0 Å². The van der Waals surface area contributed by atoms with Gasteiger partial charge in [-0.2, -0.15) is 0 Å². The molecule has 0 radical (unpaired) electrons. The summed E-state index contributed by atoms with van der Waals surface area (Å²) in [5, 5.41) is 8.88. The third-order valence-corrected chi connectivity index (χ3v) is 3.41. The normalized spacial score (nSPS) is 10.6. The smallest absolute Gasteiger partial charge is 0.323 e. The minimum atomic E-state index is -0.954. The predicted molar refractivity (Wildman–Crippen MR) is 83.9 cm³/mol. The Morgan fingerprint density at radius 3 is 1.90 bits per heavy atom. The first-order chi connectivity index (χ1) is 10.1. The molecule has 0 heterocycles. The standard InChI is InChI=1S/C15H31N3O3/c16-10-6-3-1-2-4-8-12-18(13-15(20)21)14(19)9-5-7-11-17/h1-13,16-17H2,(H,20,21). The van der Waals surface area contributed by atoms with E-state index in [4.69, 9.17) is 16.6 Å². The molecule has 6 nitrogen and oxygen atoms in total. The zero-order valence-electron chi connectivity index (χ0n) is 13.1. The Hall–Kier alpha value is -1.14. The second-order valence-corrected chi connectivity index (χ2v) is 5.36. The van der Waals surface area contributed by atoms with E-state index in [1.165, 1.54) is 4.90 Å². The zero-order chi connectivity index (χ0) is 15.9. The zero-order valence-corrected chi connectivity index (χ0v) is 13.1. The van der Waals surface area contributed by atoms with E-state index >= 15 is 0 Å². The van der Waals surface area contributed by atoms with Crippen molar-refractivity contribution in [3.05, 3.63) is 0 Å². The van der Waals surface area contributed by atoms with Crippen LogP contribution in [0.1, 0.15) is 57.8 Å². The number of carbonyl (C=O) groups excluding carboxylic acids is 1. The summed E-state index contributed by atoms with van der Waals surface area (Å²) in [4.78, 5) is 24.2. The average Bonchev–Trinajstić information content (AvgIpc) is 2.44. The first-order valence-corrected chi connectivity index (χ1v) is 8.01. The molecule has 0 fully saturated rings. The van der Waals surface area contributed by atoms with Crippen molar-refractivity contribution in [2.75, 3.05) is 26.2 Å². The van der Waals surface area contributed by atoms with Crippen LogP contribution in [0, 0.1) is 0 Å². The lowest BCUT2D eigenvalue weighted by Crippen LogP contribution is -2.36. The second-order valence-electron chi connectivity index (χ2n) is 5.36. The molecule has 6 heteroatoms. The van der Waals surface area contributed by atoms with Crippen LogP contribution >= 0.6 is 0 Å². The molecule has 0 aromatic carbocycles. The summed E-state index contributed by atoms with van der Waals surface area (Å²) in [6.07, 6.45) is 8.27. The highest BCUT2D eigenvalue weighted by molar-refractivity contribution is 5.81. The van der Waals surface area contributed by atoms with Gasteiger partial charge in [0.2, 0.25) is 5.91 Å². The van der Waals surface area contributed by atoms with Crippen LogP contribution in [0.25, 0.3) is 0 Å². The fourth-order valence-corrected chi connectivity index (χ4v) is 2.19. The minimum Gasteiger partial charge on any atom is -0.480 e. The van der Waals surface area contributed by atoms with Gasteiger partial charge in [0.15, 0.2) is 0 Å². The number of carbonyl (C=O) groups is 2. The number of unbranched alkanes of at least 4 members (excludes halogenated alkanes) is 6. The molecule has 0 aromatic rings. The van der Waals surface area contributed by atoms with Gasteiger partial charge in [-0.1, -0.05) is 25.7 Å². The maximum Gasteiger partial charge on any atom is 0.323 e. The van der Waals surface area contributed by atoms with Gasteiger partial charge < -0.3 is 21.5 Å². The summed E-state index contributed by atoms with van der Waals surface area (Å²) in [5.41, 5.74) is 10.8. The highest BCUT2D eigenvalue weighted by Crippen LogP contribution is 2.07. The molecule has 0 aliphatic carbocycles. The van der Waals surface area contributed by atoms with Gasteiger partial charge >= 0.3 is 5.97 Å². The topological polar surface area (TPSA) is 110 Å². The van der Waals surface area contributed by atoms with Crippen molar-refractivity contribution in [1.29, 1.82) is 0 Å². The summed E-state index contributed by atoms with van der Waals surface area (Å²) in [6, 6.07) is 0. The molecule has 0 unspecified atom stereocenters. The summed E-state index contributed by atoms with van der Waals surface area (Å²) in [7, 11) is 0. The SMILES string of the molecule is NCCCCCCCCN(CC(=O)O)C(=O)CCCCN. The molecule has 21 heavy (non-hydrogen) atoms. The number of amides is 1. The molecular formula is C15H31N3O3. The molecule has 124 valence electrons. The van der Waals surface area contributed by atoms with Crippen LogP contribution in [0.5, 0.6) is 0 Å². The molecule has 0 spiro atoms. The molecule has 0 bridgehead atoms. The highest BCUT2D eigenvalue weighted by Gasteiger charge is 2.15. The van der Waals surface area contributed by atoms with E-state index in [2.05, 4.69) is 0 Å². The van der Waals surface area contributed by atoms with Crippen LogP contribution < -0.4 is 11.5 Å². The molecule has 0 aliphatic heterocycles. The first-order valence-electron chi connectivity index (χ1n) is 8.01. The van der Waals surface area contributed by atoms with E-state index in [0.29, 0.717) is 19.5 Å². The molecule has 0 saturated carbocycles. The molecule has 5 N–H and O–H groups in total. The number of carboxylic acids is 1. The largest absolute Gasteiger partial charge is 0.480 e. The highest BCUT2D eigenvalue weighted by atomic mass is 16.4. The molecule has 0 rings (SSSR count). The Labute approximate surface area is 127 Å². The van der Waals surface area contributed by atoms with Crippen molar-refractivity contribution in [3.8, 4) is 0 Å². The van der Waals surface area contributed by atoms with Crippen LogP contribution in [-0.4, -0.2) is 48.1 Å². The van der Waals surface area contributed by atoms with Crippen molar-refractivity contribution in [2.24, 2.45) is 11.5 Å². The van der Waals surface area contributed by atoms with Crippen molar-refractivity contribution in [3.63, 3.8) is 0 Å². The fourth-order valence-electron chi connectivity index (χ4n) is 2.19. The van der Waals surface area contributed by atoms with Gasteiger partial charge in [0.25, 0.3) is 0 Å². The van der Waals surface area contributed by atoms with Crippen LogP contribution in [0.2, 0.25) is 0 Å². The maximum atomic E-state index is 12.0. The summed E-state index contributed by atoms with van der Waals surface area (Å²) >= 11 is 0. The molecule has 0 saturated heterocycles. The van der Waals surface area contributed by atoms with Gasteiger partial charge in [-0.25, -0.2) is 0 Å².